The van der Waals surface area contributed by atoms with E-state index >= 15 is 0 Å². The molecule has 12 nitrogen and oxygen atoms in total. The molecule has 3 aromatic carbocycles. The third kappa shape index (κ3) is 9.50. The zero-order valence-corrected chi connectivity index (χ0v) is 28.2. The Kier molecular flexibility index (Phi) is 12.5. The van der Waals surface area contributed by atoms with Crippen LogP contribution in [0.3, 0.4) is 0 Å². The Morgan fingerprint density at radius 1 is 0.816 bits per heavy atom. The minimum atomic E-state index is -0.773. The molecule has 0 unspecified atom stereocenters. The fourth-order valence-corrected chi connectivity index (χ4v) is 6.49. The standard InChI is InChI=1S/C36H43N9O3.ClH/c37-22-24-3-7-28(8-4-24)35(47)41-32(36(48)40-30-15-13-27(14-16-30)33-42-44-45-43-33)21-23-1-5-25(6-2-23)26-9-11-29(12-10-26)34(46)39-31-17-19-38-20-18-31;/h1-2,5-6,9-16,24,28,31-32,38H,3-4,7-8,17-22,37H2,(H,39,46)(H,40,48)(H,41,47)(H,42,43,44,45);1H/t24-,28-,32-;/m0./s1. The third-order valence-corrected chi connectivity index (χ3v) is 9.49. The van der Waals surface area contributed by atoms with Gasteiger partial charge in [0.05, 0.1) is 0 Å². The highest BCUT2D eigenvalue weighted by Gasteiger charge is 2.29. The summed E-state index contributed by atoms with van der Waals surface area (Å²) in [5.41, 5.74) is 10.7. The van der Waals surface area contributed by atoms with Gasteiger partial charge in [-0.2, -0.15) is 5.21 Å². The van der Waals surface area contributed by atoms with E-state index in [1.165, 1.54) is 0 Å². The van der Waals surface area contributed by atoms with Gasteiger partial charge in [0.25, 0.3) is 5.91 Å². The number of anilines is 1. The lowest BCUT2D eigenvalue weighted by Crippen LogP contribution is -2.48. The van der Waals surface area contributed by atoms with Gasteiger partial charge in [-0.05, 0) is 122 Å². The van der Waals surface area contributed by atoms with Crippen molar-refractivity contribution in [3.05, 3.63) is 83.9 Å². The maximum atomic E-state index is 13.6. The van der Waals surface area contributed by atoms with E-state index in [0.717, 1.165) is 73.9 Å². The molecule has 2 heterocycles. The summed E-state index contributed by atoms with van der Waals surface area (Å²) >= 11 is 0. The summed E-state index contributed by atoms with van der Waals surface area (Å²) < 4.78 is 0. The number of aromatic nitrogens is 4. The summed E-state index contributed by atoms with van der Waals surface area (Å²) in [6, 6.07) is 22.1. The molecule has 2 aliphatic rings. The van der Waals surface area contributed by atoms with E-state index in [1.54, 1.807) is 24.3 Å². The first-order chi connectivity index (χ1) is 23.4. The third-order valence-electron chi connectivity index (χ3n) is 9.49. The highest BCUT2D eigenvalue weighted by molar-refractivity contribution is 5.98. The zero-order chi connectivity index (χ0) is 33.3. The lowest BCUT2D eigenvalue weighted by Gasteiger charge is -2.28. The number of hydrogen-bond donors (Lipinski definition) is 6. The van der Waals surface area contributed by atoms with Gasteiger partial charge < -0.3 is 27.0 Å². The van der Waals surface area contributed by atoms with E-state index in [9.17, 15) is 14.4 Å². The molecule has 7 N–H and O–H groups in total. The fourth-order valence-electron chi connectivity index (χ4n) is 6.49. The molecule has 2 fully saturated rings. The molecule has 3 amide bonds. The van der Waals surface area contributed by atoms with Gasteiger partial charge in [-0.3, -0.25) is 14.4 Å². The van der Waals surface area contributed by atoms with Crippen molar-refractivity contribution in [2.75, 3.05) is 25.0 Å². The van der Waals surface area contributed by atoms with Crippen molar-refractivity contribution in [1.29, 1.82) is 0 Å². The number of rotatable bonds is 11. The Labute approximate surface area is 292 Å². The summed E-state index contributed by atoms with van der Waals surface area (Å²) in [6.07, 6.45) is 5.58. The minimum Gasteiger partial charge on any atom is -0.349 e. The van der Waals surface area contributed by atoms with Gasteiger partial charge in [0, 0.05) is 35.2 Å². The highest BCUT2D eigenvalue weighted by Crippen LogP contribution is 2.29. The number of nitrogens with two attached hydrogens (primary N) is 1. The van der Waals surface area contributed by atoms with Crippen LogP contribution in [-0.2, 0) is 16.0 Å². The van der Waals surface area contributed by atoms with Gasteiger partial charge in [0.15, 0.2) is 0 Å². The second-order valence-corrected chi connectivity index (χ2v) is 12.8. The molecule has 0 bridgehead atoms. The van der Waals surface area contributed by atoms with Crippen molar-refractivity contribution in [2.45, 2.75) is 57.0 Å². The van der Waals surface area contributed by atoms with Crippen LogP contribution < -0.4 is 27.0 Å². The van der Waals surface area contributed by atoms with E-state index in [-0.39, 0.29) is 42.1 Å². The average molecular weight is 686 g/mol. The highest BCUT2D eigenvalue weighted by atomic mass is 35.5. The molecule has 1 atom stereocenters. The van der Waals surface area contributed by atoms with E-state index in [4.69, 9.17) is 5.73 Å². The molecule has 0 spiro atoms. The van der Waals surface area contributed by atoms with E-state index in [2.05, 4.69) is 41.9 Å². The number of H-pyrrole nitrogens is 1. The molecular weight excluding hydrogens is 642 g/mol. The predicted molar refractivity (Wildman–Crippen MR) is 191 cm³/mol. The van der Waals surface area contributed by atoms with Gasteiger partial charge in [-0.15, -0.1) is 22.6 Å². The number of carbonyl (C=O) groups excluding carboxylic acids is 3. The van der Waals surface area contributed by atoms with Gasteiger partial charge in [0.1, 0.15) is 6.04 Å². The predicted octanol–water partition coefficient (Wildman–Crippen LogP) is 3.87. The van der Waals surface area contributed by atoms with Crippen molar-refractivity contribution in [3.8, 4) is 22.5 Å². The number of piperidine rings is 1. The molecule has 1 aliphatic heterocycles. The quantitative estimate of drug-likeness (QED) is 0.138. The van der Waals surface area contributed by atoms with Crippen LogP contribution in [0.2, 0.25) is 0 Å². The Hall–Kier alpha value is -4.65. The number of nitrogens with zero attached hydrogens (tertiary/aromatic N) is 3. The second-order valence-electron chi connectivity index (χ2n) is 12.8. The molecule has 258 valence electrons. The number of tetrazole rings is 1. The van der Waals surface area contributed by atoms with Crippen LogP contribution in [0.4, 0.5) is 5.69 Å². The maximum absolute atomic E-state index is 13.6. The number of halogens is 1. The Bertz CT molecular complexity index is 1650. The first kappa shape index (κ1) is 35.7. The summed E-state index contributed by atoms with van der Waals surface area (Å²) in [5.74, 6) is 0.331. The molecule has 49 heavy (non-hydrogen) atoms. The normalized spacial score (nSPS) is 18.5. The van der Waals surface area contributed by atoms with Crippen LogP contribution in [0.1, 0.15) is 54.4 Å². The van der Waals surface area contributed by atoms with Crippen molar-refractivity contribution >= 4 is 35.8 Å². The number of benzene rings is 3. The molecule has 13 heteroatoms. The molecule has 1 aromatic heterocycles. The number of amides is 3. The molecule has 4 aromatic rings. The molecule has 1 saturated heterocycles. The first-order valence-electron chi connectivity index (χ1n) is 16.8. The van der Waals surface area contributed by atoms with E-state index in [0.29, 0.717) is 36.0 Å². The van der Waals surface area contributed by atoms with Crippen LogP contribution >= 0.6 is 12.4 Å². The second kappa shape index (κ2) is 17.1. The minimum absolute atomic E-state index is 0. The van der Waals surface area contributed by atoms with Crippen molar-refractivity contribution in [2.24, 2.45) is 17.6 Å². The van der Waals surface area contributed by atoms with Crippen LogP contribution in [-0.4, -0.2) is 70.1 Å². The molecule has 0 radical (unpaired) electrons. The zero-order valence-electron chi connectivity index (χ0n) is 27.4. The van der Waals surface area contributed by atoms with Crippen LogP contribution in [0.5, 0.6) is 0 Å². The summed E-state index contributed by atoms with van der Waals surface area (Å²) in [5, 5.41) is 26.5. The Balaban J connectivity index is 0.00000468. The number of nitrogens with one attached hydrogen (secondary N) is 5. The first-order valence-corrected chi connectivity index (χ1v) is 16.8. The average Bonchev–Trinajstić information content (AvgIpc) is 3.68. The van der Waals surface area contributed by atoms with E-state index < -0.39 is 6.04 Å². The number of aromatic amines is 1. The fraction of sp³-hybridized carbons (Fsp3) is 0.389. The summed E-state index contributed by atoms with van der Waals surface area (Å²) in [4.78, 5) is 39.7. The SMILES string of the molecule is Cl.NC[C@H]1CC[C@H](C(=O)N[C@@H](Cc2ccc(-c3ccc(C(=O)NC4CCNCC4)cc3)cc2)C(=O)Nc2ccc(-c3nn[nH]n3)cc2)CC1. The van der Waals surface area contributed by atoms with Crippen molar-refractivity contribution in [1.82, 2.24) is 36.6 Å². The van der Waals surface area contributed by atoms with Crippen molar-refractivity contribution in [3.63, 3.8) is 0 Å². The van der Waals surface area contributed by atoms with Crippen LogP contribution in [0, 0.1) is 11.8 Å². The summed E-state index contributed by atoms with van der Waals surface area (Å²) in [6.45, 7) is 2.48. The Morgan fingerprint density at radius 2 is 1.45 bits per heavy atom. The van der Waals surface area contributed by atoms with Crippen LogP contribution in [0.15, 0.2) is 72.8 Å². The topological polar surface area (TPSA) is 180 Å². The molecule has 1 saturated carbocycles. The Morgan fingerprint density at radius 3 is 2.06 bits per heavy atom. The van der Waals surface area contributed by atoms with Crippen LogP contribution in [0.25, 0.3) is 22.5 Å². The smallest absolute Gasteiger partial charge is 0.251 e. The number of hydrogen-bond acceptors (Lipinski definition) is 8. The van der Waals surface area contributed by atoms with Gasteiger partial charge in [-0.25, -0.2) is 0 Å². The van der Waals surface area contributed by atoms with Gasteiger partial charge >= 0.3 is 0 Å². The molecule has 6 rings (SSSR count). The molecule has 1 aliphatic carbocycles. The van der Waals surface area contributed by atoms with E-state index in [1.807, 2.05) is 48.5 Å². The monoisotopic (exact) mass is 685 g/mol. The lowest BCUT2D eigenvalue weighted by molar-refractivity contribution is -0.130. The summed E-state index contributed by atoms with van der Waals surface area (Å²) in [7, 11) is 0. The number of carbonyl (C=O) groups is 3. The van der Waals surface area contributed by atoms with Gasteiger partial charge in [0.2, 0.25) is 17.6 Å². The van der Waals surface area contributed by atoms with Crippen molar-refractivity contribution < 1.29 is 14.4 Å². The maximum Gasteiger partial charge on any atom is 0.251 e. The largest absolute Gasteiger partial charge is 0.349 e. The van der Waals surface area contributed by atoms with Gasteiger partial charge in [-0.1, -0.05) is 36.4 Å². The molecular formula is C36H44ClN9O3. The lowest BCUT2D eigenvalue weighted by atomic mass is 9.81.